The van der Waals surface area contributed by atoms with Gasteiger partial charge in [-0.1, -0.05) is 48.5 Å². The molecule has 3 aromatic carbocycles. The molecule has 1 amide bonds. The molecular weight excluding hydrogens is 410 g/mol. The number of hydrogen-bond acceptors (Lipinski definition) is 2. The number of aromatic amines is 2. The number of para-hydroxylation sites is 2. The van der Waals surface area contributed by atoms with Crippen LogP contribution in [0.25, 0.3) is 21.8 Å². The number of rotatable bonds is 8. The lowest BCUT2D eigenvalue weighted by atomic mass is 9.90. The third kappa shape index (κ3) is 4.35. The van der Waals surface area contributed by atoms with E-state index >= 15 is 0 Å². The van der Waals surface area contributed by atoms with Gasteiger partial charge in [0.15, 0.2) is 0 Å². The van der Waals surface area contributed by atoms with Crippen molar-refractivity contribution in [2.24, 2.45) is 0 Å². The molecule has 33 heavy (non-hydrogen) atoms. The maximum Gasteiger partial charge on any atom is 0.220 e. The van der Waals surface area contributed by atoms with E-state index in [1.807, 2.05) is 42.6 Å². The first-order valence-electron chi connectivity index (χ1n) is 11.2. The van der Waals surface area contributed by atoms with Crippen molar-refractivity contribution in [1.29, 1.82) is 0 Å². The van der Waals surface area contributed by atoms with Gasteiger partial charge in [0.1, 0.15) is 5.75 Å². The Morgan fingerprint density at radius 1 is 0.879 bits per heavy atom. The average molecular weight is 438 g/mol. The number of carbonyl (C=O) groups is 1. The molecule has 2 heterocycles. The summed E-state index contributed by atoms with van der Waals surface area (Å²) < 4.78 is 5.33. The lowest BCUT2D eigenvalue weighted by molar-refractivity contribution is -0.121. The van der Waals surface area contributed by atoms with Gasteiger partial charge in [-0.25, -0.2) is 0 Å². The second-order valence-corrected chi connectivity index (χ2v) is 8.28. The summed E-state index contributed by atoms with van der Waals surface area (Å²) in [7, 11) is 1.67. The fourth-order valence-electron chi connectivity index (χ4n) is 4.52. The molecule has 0 aliphatic carbocycles. The van der Waals surface area contributed by atoms with Crippen LogP contribution in [0.4, 0.5) is 0 Å². The summed E-state index contributed by atoms with van der Waals surface area (Å²) in [5.74, 6) is 0.905. The first-order valence-corrected chi connectivity index (χ1v) is 11.2. The van der Waals surface area contributed by atoms with Crippen molar-refractivity contribution in [3.63, 3.8) is 0 Å². The van der Waals surface area contributed by atoms with Gasteiger partial charge in [0.25, 0.3) is 0 Å². The monoisotopic (exact) mass is 437 g/mol. The minimum Gasteiger partial charge on any atom is -0.497 e. The van der Waals surface area contributed by atoms with Crippen LogP contribution < -0.4 is 10.1 Å². The lowest BCUT2D eigenvalue weighted by Crippen LogP contribution is -2.29. The van der Waals surface area contributed by atoms with Crippen LogP contribution >= 0.6 is 0 Å². The fraction of sp³-hybridized carbons (Fsp3) is 0.179. The van der Waals surface area contributed by atoms with E-state index in [9.17, 15) is 4.79 Å². The largest absolute Gasteiger partial charge is 0.497 e. The first-order chi connectivity index (χ1) is 16.2. The highest BCUT2D eigenvalue weighted by Gasteiger charge is 2.19. The van der Waals surface area contributed by atoms with E-state index in [-0.39, 0.29) is 11.8 Å². The molecule has 0 saturated carbocycles. The van der Waals surface area contributed by atoms with Crippen molar-refractivity contribution >= 4 is 27.7 Å². The SMILES string of the molecule is COc1ccc(C(CNC(=O)CCc2c[nH]c3ccccc23)c2c[nH]c3ccccc23)cc1. The Balaban J connectivity index is 1.33. The minimum absolute atomic E-state index is 0.0316. The maximum absolute atomic E-state index is 12.8. The van der Waals surface area contributed by atoms with E-state index in [0.717, 1.165) is 22.3 Å². The fourth-order valence-corrected chi connectivity index (χ4v) is 4.52. The zero-order chi connectivity index (χ0) is 22.6. The van der Waals surface area contributed by atoms with Crippen LogP contribution in [0, 0.1) is 0 Å². The van der Waals surface area contributed by atoms with Crippen LogP contribution in [-0.2, 0) is 11.2 Å². The number of fused-ring (bicyclic) bond motifs is 2. The Morgan fingerprint density at radius 2 is 1.55 bits per heavy atom. The van der Waals surface area contributed by atoms with Crippen LogP contribution in [0.1, 0.15) is 29.0 Å². The van der Waals surface area contributed by atoms with Crippen LogP contribution in [0.15, 0.2) is 85.2 Å². The van der Waals surface area contributed by atoms with Gasteiger partial charge in [0.05, 0.1) is 7.11 Å². The van der Waals surface area contributed by atoms with E-state index in [2.05, 4.69) is 57.9 Å². The average Bonchev–Trinajstić information content (AvgIpc) is 3.48. The van der Waals surface area contributed by atoms with Crippen molar-refractivity contribution in [3.8, 4) is 5.75 Å². The standard InChI is InChI=1S/C28H27N3O2/c1-33-21-13-10-19(11-14-21)24(25-18-30-27-9-5-3-7-23(25)27)17-31-28(32)15-12-20-16-29-26-8-4-2-6-22(20)26/h2-11,13-14,16,18,24,29-30H,12,15,17H2,1H3,(H,31,32). The lowest BCUT2D eigenvalue weighted by Gasteiger charge is -2.19. The molecule has 166 valence electrons. The predicted octanol–water partition coefficient (Wildman–Crippen LogP) is 5.54. The van der Waals surface area contributed by atoms with Crippen LogP contribution in [0.2, 0.25) is 0 Å². The van der Waals surface area contributed by atoms with E-state index < -0.39 is 0 Å². The molecule has 5 aromatic rings. The number of benzene rings is 3. The third-order valence-electron chi connectivity index (χ3n) is 6.31. The van der Waals surface area contributed by atoms with Gasteiger partial charge in [-0.15, -0.1) is 0 Å². The molecule has 0 spiro atoms. The summed E-state index contributed by atoms with van der Waals surface area (Å²) in [6.45, 7) is 0.529. The second kappa shape index (κ2) is 9.25. The van der Waals surface area contributed by atoms with Crippen molar-refractivity contribution in [3.05, 3.63) is 102 Å². The smallest absolute Gasteiger partial charge is 0.220 e. The maximum atomic E-state index is 12.8. The number of H-pyrrole nitrogens is 2. The van der Waals surface area contributed by atoms with Crippen LogP contribution in [-0.4, -0.2) is 29.5 Å². The number of aryl methyl sites for hydroxylation is 1. The van der Waals surface area contributed by atoms with Gasteiger partial charge >= 0.3 is 0 Å². The van der Waals surface area contributed by atoms with E-state index in [0.29, 0.717) is 19.4 Å². The molecule has 0 radical (unpaired) electrons. The van der Waals surface area contributed by atoms with Crippen LogP contribution in [0.3, 0.4) is 0 Å². The molecule has 5 rings (SSSR count). The number of amides is 1. The number of hydrogen-bond donors (Lipinski definition) is 3. The molecular formula is C28H27N3O2. The molecule has 0 fully saturated rings. The van der Waals surface area contributed by atoms with E-state index in [1.54, 1.807) is 7.11 Å². The number of nitrogens with one attached hydrogen (secondary N) is 3. The number of methoxy groups -OCH3 is 1. The predicted molar refractivity (Wildman–Crippen MR) is 133 cm³/mol. The topological polar surface area (TPSA) is 69.9 Å². The van der Waals surface area contributed by atoms with Gasteiger partial charge in [-0.2, -0.15) is 0 Å². The number of aromatic nitrogens is 2. The van der Waals surface area contributed by atoms with E-state index in [4.69, 9.17) is 4.74 Å². The van der Waals surface area contributed by atoms with Crippen molar-refractivity contribution < 1.29 is 9.53 Å². The molecule has 0 aliphatic heterocycles. The Labute approximate surface area is 192 Å². The summed E-state index contributed by atoms with van der Waals surface area (Å²) in [5.41, 5.74) is 5.68. The molecule has 2 aromatic heterocycles. The molecule has 0 bridgehead atoms. The summed E-state index contributed by atoms with van der Waals surface area (Å²) in [5, 5.41) is 5.53. The van der Waals surface area contributed by atoms with Gasteiger partial charge in [0, 0.05) is 53.1 Å². The molecule has 3 N–H and O–H groups in total. The van der Waals surface area contributed by atoms with Gasteiger partial charge < -0.3 is 20.0 Å². The van der Waals surface area contributed by atoms with E-state index in [1.165, 1.54) is 21.9 Å². The Morgan fingerprint density at radius 3 is 2.30 bits per heavy atom. The second-order valence-electron chi connectivity index (χ2n) is 8.28. The van der Waals surface area contributed by atoms with Crippen molar-refractivity contribution in [1.82, 2.24) is 15.3 Å². The molecule has 5 nitrogen and oxygen atoms in total. The highest BCUT2D eigenvalue weighted by Crippen LogP contribution is 2.31. The summed E-state index contributed by atoms with van der Waals surface area (Å²) in [6, 6.07) is 24.5. The van der Waals surface area contributed by atoms with Crippen molar-refractivity contribution in [2.45, 2.75) is 18.8 Å². The highest BCUT2D eigenvalue weighted by atomic mass is 16.5. The summed E-state index contributed by atoms with van der Waals surface area (Å²) >= 11 is 0. The van der Waals surface area contributed by atoms with Crippen LogP contribution in [0.5, 0.6) is 5.75 Å². The normalized spacial score (nSPS) is 12.2. The number of carbonyl (C=O) groups excluding carboxylic acids is 1. The van der Waals surface area contributed by atoms with Crippen molar-refractivity contribution in [2.75, 3.05) is 13.7 Å². The molecule has 1 atom stereocenters. The van der Waals surface area contributed by atoms with Gasteiger partial charge in [-0.3, -0.25) is 4.79 Å². The zero-order valence-corrected chi connectivity index (χ0v) is 18.6. The third-order valence-corrected chi connectivity index (χ3v) is 6.31. The first kappa shape index (κ1) is 20.9. The summed E-state index contributed by atoms with van der Waals surface area (Å²) in [6.07, 6.45) is 5.21. The van der Waals surface area contributed by atoms with Gasteiger partial charge in [-0.05, 0) is 47.4 Å². The number of ether oxygens (including phenoxy) is 1. The summed E-state index contributed by atoms with van der Waals surface area (Å²) in [4.78, 5) is 19.4. The molecule has 5 heteroatoms. The minimum atomic E-state index is 0.0316. The molecule has 0 aliphatic rings. The molecule has 0 saturated heterocycles. The van der Waals surface area contributed by atoms with Gasteiger partial charge in [0.2, 0.25) is 5.91 Å². The molecule has 1 unspecified atom stereocenters. The Bertz CT molecular complexity index is 1380. The quantitative estimate of drug-likeness (QED) is 0.298. The highest BCUT2D eigenvalue weighted by molar-refractivity contribution is 5.85. The zero-order valence-electron chi connectivity index (χ0n) is 18.6. The Hall–Kier alpha value is -3.99. The Kier molecular flexibility index (Phi) is 5.85.